The zero-order valence-corrected chi connectivity index (χ0v) is 9.88. The van der Waals surface area contributed by atoms with Gasteiger partial charge in [0.25, 0.3) is 0 Å². The van der Waals surface area contributed by atoms with Crippen LogP contribution in [0.5, 0.6) is 0 Å². The lowest BCUT2D eigenvalue weighted by atomic mass is 10.3. The second-order valence-electron chi connectivity index (χ2n) is 3.38. The molecule has 0 rings (SSSR count). The van der Waals surface area contributed by atoms with E-state index in [9.17, 15) is 0 Å². The van der Waals surface area contributed by atoms with Crippen molar-refractivity contribution >= 4 is 5.84 Å². The van der Waals surface area contributed by atoms with Crippen molar-refractivity contribution in [2.45, 2.75) is 27.7 Å². The Kier molecular flexibility index (Phi) is 6.81. The molecule has 0 spiro atoms. The highest BCUT2D eigenvalue weighted by Crippen LogP contribution is 1.99. The minimum atomic E-state index is 0.826. The van der Waals surface area contributed by atoms with Crippen molar-refractivity contribution in [3.63, 3.8) is 0 Å². The largest absolute Gasteiger partial charge is 0.353 e. The highest BCUT2D eigenvalue weighted by molar-refractivity contribution is 5.93. The second kappa shape index (κ2) is 7.36. The van der Waals surface area contributed by atoms with E-state index >= 15 is 0 Å². The smallest absolute Gasteiger partial charge is 0.123 e. The molecular formula is C12H22N2. The van der Waals surface area contributed by atoms with E-state index in [4.69, 9.17) is 0 Å². The van der Waals surface area contributed by atoms with Gasteiger partial charge in [-0.15, -0.1) is 6.58 Å². The molecule has 2 nitrogen and oxygen atoms in total. The van der Waals surface area contributed by atoms with Crippen molar-refractivity contribution in [1.29, 1.82) is 0 Å². The molecule has 0 aromatic heterocycles. The van der Waals surface area contributed by atoms with E-state index < -0.39 is 0 Å². The molecule has 0 amide bonds. The third kappa shape index (κ3) is 4.85. The Morgan fingerprint density at radius 2 is 2.00 bits per heavy atom. The van der Waals surface area contributed by atoms with E-state index in [1.165, 1.54) is 5.57 Å². The number of rotatable bonds is 5. The first-order chi connectivity index (χ1) is 6.65. The molecule has 0 saturated carbocycles. The minimum Gasteiger partial charge on any atom is -0.353 e. The molecule has 0 fully saturated rings. The molecule has 0 heterocycles. The van der Waals surface area contributed by atoms with E-state index in [0.717, 1.165) is 25.5 Å². The lowest BCUT2D eigenvalue weighted by molar-refractivity contribution is 0.489. The van der Waals surface area contributed by atoms with E-state index in [1.54, 1.807) is 0 Å². The molecule has 0 unspecified atom stereocenters. The molecule has 0 bridgehead atoms. The van der Waals surface area contributed by atoms with Crippen LogP contribution in [0.3, 0.4) is 0 Å². The number of hydrogen-bond donors (Lipinski definition) is 0. The van der Waals surface area contributed by atoms with Crippen LogP contribution in [0.25, 0.3) is 0 Å². The lowest BCUT2D eigenvalue weighted by Gasteiger charge is -2.21. The Labute approximate surface area is 88.0 Å². The van der Waals surface area contributed by atoms with Crippen molar-refractivity contribution in [3.05, 3.63) is 24.3 Å². The number of likely N-dealkylation sites (N-methyl/N-ethyl adjacent to an activating group) is 1. The molecule has 0 aromatic carbocycles. The van der Waals surface area contributed by atoms with Gasteiger partial charge in [0.05, 0.1) is 0 Å². The topological polar surface area (TPSA) is 15.6 Å². The standard InChI is InChI=1S/C12H22N2/c1-6-9-14(8-3)12(13-7-2)10-11(4)5/h6,10H,1,7-9H2,2-5H3. The van der Waals surface area contributed by atoms with Gasteiger partial charge in [0.15, 0.2) is 0 Å². The van der Waals surface area contributed by atoms with Crippen LogP contribution >= 0.6 is 0 Å². The Morgan fingerprint density at radius 3 is 2.36 bits per heavy atom. The average molecular weight is 194 g/mol. The Hall–Kier alpha value is -1.05. The Balaban J connectivity index is 4.69. The van der Waals surface area contributed by atoms with Gasteiger partial charge in [-0.25, -0.2) is 0 Å². The van der Waals surface area contributed by atoms with Gasteiger partial charge in [0.1, 0.15) is 5.84 Å². The molecule has 14 heavy (non-hydrogen) atoms. The first kappa shape index (κ1) is 12.9. The maximum absolute atomic E-state index is 4.47. The predicted molar refractivity (Wildman–Crippen MR) is 64.9 cm³/mol. The molecule has 2 heteroatoms. The maximum atomic E-state index is 4.47. The summed E-state index contributed by atoms with van der Waals surface area (Å²) < 4.78 is 0. The summed E-state index contributed by atoms with van der Waals surface area (Å²) in [6, 6.07) is 0. The van der Waals surface area contributed by atoms with E-state index in [1.807, 2.05) is 6.08 Å². The van der Waals surface area contributed by atoms with Crippen LogP contribution in [0.1, 0.15) is 27.7 Å². The summed E-state index contributed by atoms with van der Waals surface area (Å²) in [7, 11) is 0. The maximum Gasteiger partial charge on any atom is 0.123 e. The summed E-state index contributed by atoms with van der Waals surface area (Å²) in [5.74, 6) is 1.06. The molecule has 0 aliphatic carbocycles. The van der Waals surface area contributed by atoms with Gasteiger partial charge in [-0.2, -0.15) is 0 Å². The Morgan fingerprint density at radius 1 is 1.36 bits per heavy atom. The third-order valence-corrected chi connectivity index (χ3v) is 1.79. The Bertz CT molecular complexity index is 222. The number of allylic oxidation sites excluding steroid dienone is 1. The van der Waals surface area contributed by atoms with Crippen LogP contribution in [0.2, 0.25) is 0 Å². The highest BCUT2D eigenvalue weighted by atomic mass is 15.2. The number of amidine groups is 1. The van der Waals surface area contributed by atoms with Crippen LogP contribution in [0, 0.1) is 0 Å². The molecule has 0 aromatic rings. The molecule has 0 saturated heterocycles. The number of aliphatic imine (C=N–C) groups is 1. The predicted octanol–water partition coefficient (Wildman–Crippen LogP) is 2.88. The number of nitrogens with zero attached hydrogens (tertiary/aromatic N) is 2. The molecule has 0 radical (unpaired) electrons. The van der Waals surface area contributed by atoms with E-state index in [-0.39, 0.29) is 0 Å². The van der Waals surface area contributed by atoms with Crippen LogP contribution < -0.4 is 0 Å². The zero-order chi connectivity index (χ0) is 11.0. The van der Waals surface area contributed by atoms with Gasteiger partial charge in [-0.3, -0.25) is 4.99 Å². The first-order valence-electron chi connectivity index (χ1n) is 5.20. The lowest BCUT2D eigenvalue weighted by Crippen LogP contribution is -2.30. The van der Waals surface area contributed by atoms with Crippen molar-refractivity contribution in [3.8, 4) is 0 Å². The third-order valence-electron chi connectivity index (χ3n) is 1.79. The SMILES string of the molecule is C=CCN(CC)C(C=C(C)C)=NCC. The number of hydrogen-bond acceptors (Lipinski definition) is 1. The summed E-state index contributed by atoms with van der Waals surface area (Å²) in [6.45, 7) is 14.8. The summed E-state index contributed by atoms with van der Waals surface area (Å²) in [5, 5.41) is 0. The summed E-state index contributed by atoms with van der Waals surface area (Å²) in [5.41, 5.74) is 1.28. The van der Waals surface area contributed by atoms with Gasteiger partial charge in [-0.1, -0.05) is 11.6 Å². The van der Waals surface area contributed by atoms with Crippen molar-refractivity contribution in [2.24, 2.45) is 4.99 Å². The zero-order valence-electron chi connectivity index (χ0n) is 9.88. The van der Waals surface area contributed by atoms with Gasteiger partial charge >= 0.3 is 0 Å². The molecule has 0 N–H and O–H groups in total. The van der Waals surface area contributed by atoms with Gasteiger partial charge in [0, 0.05) is 19.6 Å². The van der Waals surface area contributed by atoms with Gasteiger partial charge in [-0.05, 0) is 33.8 Å². The monoisotopic (exact) mass is 194 g/mol. The second-order valence-corrected chi connectivity index (χ2v) is 3.38. The molecule has 80 valence electrons. The van der Waals surface area contributed by atoms with Crippen molar-refractivity contribution < 1.29 is 0 Å². The van der Waals surface area contributed by atoms with Crippen molar-refractivity contribution in [1.82, 2.24) is 4.90 Å². The first-order valence-corrected chi connectivity index (χ1v) is 5.20. The summed E-state index contributed by atoms with van der Waals surface area (Å²) >= 11 is 0. The van der Waals surface area contributed by atoms with Gasteiger partial charge in [0.2, 0.25) is 0 Å². The van der Waals surface area contributed by atoms with Crippen LogP contribution in [0.4, 0.5) is 0 Å². The van der Waals surface area contributed by atoms with Crippen LogP contribution in [0.15, 0.2) is 29.3 Å². The summed E-state index contributed by atoms with van der Waals surface area (Å²) in [4.78, 5) is 6.68. The fourth-order valence-electron chi connectivity index (χ4n) is 1.20. The van der Waals surface area contributed by atoms with E-state index in [0.29, 0.717) is 0 Å². The molecule has 0 aliphatic rings. The highest BCUT2D eigenvalue weighted by Gasteiger charge is 2.03. The molecular weight excluding hydrogens is 172 g/mol. The molecule has 0 aliphatic heterocycles. The van der Waals surface area contributed by atoms with E-state index in [2.05, 4.69) is 50.2 Å². The van der Waals surface area contributed by atoms with Crippen LogP contribution in [-0.4, -0.2) is 30.4 Å². The quantitative estimate of drug-likeness (QED) is 0.373. The molecule has 0 atom stereocenters. The summed E-state index contributed by atoms with van der Waals surface area (Å²) in [6.07, 6.45) is 4.03. The fourth-order valence-corrected chi connectivity index (χ4v) is 1.20. The van der Waals surface area contributed by atoms with Gasteiger partial charge < -0.3 is 4.90 Å². The normalized spacial score (nSPS) is 11.0. The van der Waals surface area contributed by atoms with Crippen molar-refractivity contribution in [2.75, 3.05) is 19.6 Å². The fraction of sp³-hybridized carbons (Fsp3) is 0.583. The minimum absolute atomic E-state index is 0.826. The van der Waals surface area contributed by atoms with Crippen LogP contribution in [-0.2, 0) is 0 Å². The average Bonchev–Trinajstić information content (AvgIpc) is 2.13.